The molecule has 0 bridgehead atoms. The van der Waals surface area contributed by atoms with Gasteiger partial charge < -0.3 is 5.11 Å². The van der Waals surface area contributed by atoms with Crippen LogP contribution in [0.25, 0.3) is 0 Å². The van der Waals surface area contributed by atoms with E-state index in [0.717, 1.165) is 12.1 Å². The summed E-state index contributed by atoms with van der Waals surface area (Å²) in [5.41, 5.74) is 0.299. The van der Waals surface area contributed by atoms with Crippen LogP contribution < -0.4 is 0 Å². The van der Waals surface area contributed by atoms with Gasteiger partial charge in [-0.1, -0.05) is 6.07 Å². The fraction of sp³-hybridized carbons (Fsp3) is 0.333. The van der Waals surface area contributed by atoms with E-state index in [-0.39, 0.29) is 6.61 Å². The maximum Gasteiger partial charge on any atom is 0.416 e. The van der Waals surface area contributed by atoms with Gasteiger partial charge in [-0.2, -0.15) is 13.2 Å². The zero-order valence-corrected chi connectivity index (χ0v) is 7.02. The van der Waals surface area contributed by atoms with E-state index in [0.29, 0.717) is 11.1 Å². The molecule has 0 unspecified atom stereocenters. The molecule has 1 aromatic rings. The first-order chi connectivity index (χ1) is 5.95. The Bertz CT molecular complexity index is 304. The average molecular weight is 190 g/mol. The standard InChI is InChI=1S/C9H9F3O/c1-6-4-8(9(10,11)12)3-2-7(6)5-13/h2-4,13H,5H2,1H3. The van der Waals surface area contributed by atoms with Gasteiger partial charge in [0.25, 0.3) is 0 Å². The predicted octanol–water partition coefficient (Wildman–Crippen LogP) is 2.51. The van der Waals surface area contributed by atoms with E-state index in [1.807, 2.05) is 0 Å². The molecule has 13 heavy (non-hydrogen) atoms. The van der Waals surface area contributed by atoms with Crippen LogP contribution in [-0.2, 0) is 12.8 Å². The Hall–Kier alpha value is -1.03. The lowest BCUT2D eigenvalue weighted by Gasteiger charge is -2.09. The van der Waals surface area contributed by atoms with E-state index >= 15 is 0 Å². The number of aryl methyl sites for hydroxylation is 1. The van der Waals surface area contributed by atoms with Gasteiger partial charge >= 0.3 is 6.18 Å². The normalized spacial score (nSPS) is 11.8. The second-order valence-electron chi connectivity index (χ2n) is 2.80. The van der Waals surface area contributed by atoms with Gasteiger partial charge in [-0.25, -0.2) is 0 Å². The summed E-state index contributed by atoms with van der Waals surface area (Å²) in [5.74, 6) is 0. The predicted molar refractivity (Wildman–Crippen MR) is 42.1 cm³/mol. The number of hydrogen-bond donors (Lipinski definition) is 1. The van der Waals surface area contributed by atoms with E-state index in [1.54, 1.807) is 6.92 Å². The highest BCUT2D eigenvalue weighted by Crippen LogP contribution is 2.30. The van der Waals surface area contributed by atoms with Crippen molar-refractivity contribution in [2.45, 2.75) is 19.7 Å². The molecule has 4 heteroatoms. The molecule has 1 nitrogen and oxygen atoms in total. The second-order valence-corrected chi connectivity index (χ2v) is 2.80. The Morgan fingerprint density at radius 3 is 2.31 bits per heavy atom. The Morgan fingerprint density at radius 1 is 1.31 bits per heavy atom. The van der Waals surface area contributed by atoms with Crippen LogP contribution in [0.2, 0.25) is 0 Å². The average Bonchev–Trinajstić information content (AvgIpc) is 2.02. The lowest BCUT2D eigenvalue weighted by molar-refractivity contribution is -0.137. The van der Waals surface area contributed by atoms with Crippen molar-refractivity contribution in [3.63, 3.8) is 0 Å². The van der Waals surface area contributed by atoms with Crippen molar-refractivity contribution in [1.82, 2.24) is 0 Å². The van der Waals surface area contributed by atoms with Gasteiger partial charge in [-0.15, -0.1) is 0 Å². The van der Waals surface area contributed by atoms with Crippen LogP contribution in [0.5, 0.6) is 0 Å². The van der Waals surface area contributed by atoms with E-state index in [2.05, 4.69) is 0 Å². The maximum atomic E-state index is 12.1. The Labute approximate surface area is 73.8 Å². The van der Waals surface area contributed by atoms with Gasteiger partial charge in [0.1, 0.15) is 0 Å². The van der Waals surface area contributed by atoms with Crippen molar-refractivity contribution in [2.24, 2.45) is 0 Å². The Kier molecular flexibility index (Phi) is 2.61. The first kappa shape index (κ1) is 10.1. The van der Waals surface area contributed by atoms with Crippen molar-refractivity contribution >= 4 is 0 Å². The molecule has 0 atom stereocenters. The highest BCUT2D eigenvalue weighted by Gasteiger charge is 2.30. The van der Waals surface area contributed by atoms with Crippen molar-refractivity contribution in [3.8, 4) is 0 Å². The van der Waals surface area contributed by atoms with Crippen molar-refractivity contribution < 1.29 is 18.3 Å². The first-order valence-corrected chi connectivity index (χ1v) is 3.72. The van der Waals surface area contributed by atoms with Crippen LogP contribution in [-0.4, -0.2) is 5.11 Å². The molecule has 72 valence electrons. The topological polar surface area (TPSA) is 20.2 Å². The quantitative estimate of drug-likeness (QED) is 0.721. The van der Waals surface area contributed by atoms with Gasteiger partial charge in [-0.05, 0) is 30.2 Å². The maximum absolute atomic E-state index is 12.1. The molecular formula is C9H9F3O. The van der Waals surface area contributed by atoms with Gasteiger partial charge in [-0.3, -0.25) is 0 Å². The summed E-state index contributed by atoms with van der Waals surface area (Å²) < 4.78 is 36.4. The molecule has 0 aromatic heterocycles. The smallest absolute Gasteiger partial charge is 0.392 e. The molecule has 0 amide bonds. The molecule has 0 aliphatic heterocycles. The molecule has 0 fully saturated rings. The summed E-state index contributed by atoms with van der Waals surface area (Å²) in [6.45, 7) is 1.31. The number of alkyl halides is 3. The summed E-state index contributed by atoms with van der Waals surface area (Å²) in [5, 5.41) is 8.73. The van der Waals surface area contributed by atoms with Crippen LogP contribution in [0.15, 0.2) is 18.2 Å². The van der Waals surface area contributed by atoms with Crippen LogP contribution in [0.3, 0.4) is 0 Å². The molecule has 0 aliphatic carbocycles. The molecule has 0 radical (unpaired) electrons. The van der Waals surface area contributed by atoms with E-state index < -0.39 is 11.7 Å². The Balaban J connectivity index is 3.10. The van der Waals surface area contributed by atoms with Crippen molar-refractivity contribution in [3.05, 3.63) is 34.9 Å². The summed E-state index contributed by atoms with van der Waals surface area (Å²) in [4.78, 5) is 0. The third kappa shape index (κ3) is 2.21. The SMILES string of the molecule is Cc1cc(C(F)(F)F)ccc1CO. The molecule has 0 spiro atoms. The molecule has 1 aromatic carbocycles. The van der Waals surface area contributed by atoms with Crippen molar-refractivity contribution in [1.29, 1.82) is 0 Å². The highest BCUT2D eigenvalue weighted by atomic mass is 19.4. The number of benzene rings is 1. The Morgan fingerprint density at radius 2 is 1.92 bits per heavy atom. The molecule has 1 N–H and O–H groups in total. The van der Waals surface area contributed by atoms with Gasteiger partial charge in [0.15, 0.2) is 0 Å². The lowest BCUT2D eigenvalue weighted by atomic mass is 10.1. The zero-order valence-electron chi connectivity index (χ0n) is 7.02. The molecule has 1 rings (SSSR count). The third-order valence-corrected chi connectivity index (χ3v) is 1.84. The second kappa shape index (κ2) is 3.38. The summed E-state index contributed by atoms with van der Waals surface area (Å²) >= 11 is 0. The number of aliphatic hydroxyl groups excluding tert-OH is 1. The number of halogens is 3. The zero-order chi connectivity index (χ0) is 10.1. The fourth-order valence-electron chi connectivity index (χ4n) is 1.05. The summed E-state index contributed by atoms with van der Waals surface area (Å²) in [6.07, 6.45) is -4.31. The lowest BCUT2D eigenvalue weighted by Crippen LogP contribution is -2.05. The van der Waals surface area contributed by atoms with Crippen LogP contribution >= 0.6 is 0 Å². The fourth-order valence-corrected chi connectivity index (χ4v) is 1.05. The summed E-state index contributed by atoms with van der Waals surface area (Å²) in [7, 11) is 0. The molecule has 0 saturated heterocycles. The van der Waals surface area contributed by atoms with Crippen LogP contribution in [0.1, 0.15) is 16.7 Å². The van der Waals surface area contributed by atoms with Crippen LogP contribution in [0, 0.1) is 6.92 Å². The molecular weight excluding hydrogens is 181 g/mol. The molecule has 0 saturated carbocycles. The minimum atomic E-state index is -4.31. The first-order valence-electron chi connectivity index (χ1n) is 3.72. The van der Waals surface area contributed by atoms with Crippen LogP contribution in [0.4, 0.5) is 13.2 Å². The van der Waals surface area contributed by atoms with Gasteiger partial charge in [0.2, 0.25) is 0 Å². The number of aliphatic hydroxyl groups is 1. The minimum Gasteiger partial charge on any atom is -0.392 e. The molecule has 0 heterocycles. The summed E-state index contributed by atoms with van der Waals surface area (Å²) in [6, 6.07) is 3.29. The largest absolute Gasteiger partial charge is 0.416 e. The highest BCUT2D eigenvalue weighted by molar-refractivity contribution is 5.31. The van der Waals surface area contributed by atoms with Gasteiger partial charge in [0, 0.05) is 0 Å². The number of rotatable bonds is 1. The minimum absolute atomic E-state index is 0.232. The monoisotopic (exact) mass is 190 g/mol. The number of hydrogen-bond acceptors (Lipinski definition) is 1. The van der Waals surface area contributed by atoms with E-state index in [9.17, 15) is 13.2 Å². The van der Waals surface area contributed by atoms with Gasteiger partial charge in [0.05, 0.1) is 12.2 Å². The van der Waals surface area contributed by atoms with E-state index in [1.165, 1.54) is 6.07 Å². The third-order valence-electron chi connectivity index (χ3n) is 1.84. The molecule has 0 aliphatic rings. The van der Waals surface area contributed by atoms with Crippen molar-refractivity contribution in [2.75, 3.05) is 0 Å². The van der Waals surface area contributed by atoms with E-state index in [4.69, 9.17) is 5.11 Å².